The molecule has 1 rings (SSSR count). The molecule has 0 fully saturated rings. The number of hydrazine groups is 1. The number of thioether (sulfide) groups is 1. The van der Waals surface area contributed by atoms with E-state index < -0.39 is 18.1 Å². The van der Waals surface area contributed by atoms with Gasteiger partial charge in [0, 0.05) is 6.04 Å². The Morgan fingerprint density at radius 2 is 2.20 bits per heavy atom. The van der Waals surface area contributed by atoms with Crippen LogP contribution in [0.3, 0.4) is 0 Å². The number of nitrogens with one attached hydrogen (secondary N) is 2. The normalized spacial score (nSPS) is 13.6. The summed E-state index contributed by atoms with van der Waals surface area (Å²) in [5.74, 6) is 1.24. The van der Waals surface area contributed by atoms with Gasteiger partial charge in [-0.05, 0) is 30.1 Å². The Balaban J connectivity index is 2.40. The van der Waals surface area contributed by atoms with Crippen LogP contribution >= 0.6 is 23.4 Å². The summed E-state index contributed by atoms with van der Waals surface area (Å²) >= 11 is 7.65. The standard InChI is InChI=1S/C13H20ClN3O2S/c1-2-20-8-7-10(15)12(18)13(19)17-16-11-6-4-3-5-9(11)14/h3-6,10,12,16,18H,2,7-8,15H2,1H3,(H,17,19)/t10-,12?/m1/s1. The van der Waals surface area contributed by atoms with Crippen molar-refractivity contribution in [3.8, 4) is 0 Å². The van der Waals surface area contributed by atoms with E-state index in [2.05, 4.69) is 10.9 Å². The molecule has 0 aliphatic heterocycles. The van der Waals surface area contributed by atoms with E-state index in [1.165, 1.54) is 0 Å². The van der Waals surface area contributed by atoms with E-state index in [1.54, 1.807) is 36.0 Å². The molecule has 7 heteroatoms. The first-order valence-corrected chi connectivity index (χ1v) is 7.91. The van der Waals surface area contributed by atoms with Gasteiger partial charge in [0.25, 0.3) is 5.91 Å². The van der Waals surface area contributed by atoms with Crippen molar-refractivity contribution in [1.82, 2.24) is 5.43 Å². The molecule has 0 bridgehead atoms. The van der Waals surface area contributed by atoms with Crippen LogP contribution in [0.4, 0.5) is 5.69 Å². The van der Waals surface area contributed by atoms with Gasteiger partial charge in [0.2, 0.25) is 0 Å². The highest BCUT2D eigenvalue weighted by molar-refractivity contribution is 7.99. The zero-order valence-electron chi connectivity index (χ0n) is 11.3. The first-order valence-electron chi connectivity index (χ1n) is 6.38. The number of halogens is 1. The minimum atomic E-state index is -1.25. The van der Waals surface area contributed by atoms with Crippen LogP contribution in [-0.2, 0) is 4.79 Å². The maximum atomic E-state index is 11.7. The van der Waals surface area contributed by atoms with Gasteiger partial charge in [0.1, 0.15) is 6.10 Å². The molecule has 0 aliphatic rings. The van der Waals surface area contributed by atoms with Gasteiger partial charge in [0.05, 0.1) is 10.7 Å². The molecule has 0 saturated carbocycles. The lowest BCUT2D eigenvalue weighted by Crippen LogP contribution is -2.48. The number of carbonyl (C=O) groups is 1. The number of hydrogen-bond acceptors (Lipinski definition) is 5. The van der Waals surface area contributed by atoms with Crippen LogP contribution in [0.25, 0.3) is 0 Å². The lowest BCUT2D eigenvalue weighted by Gasteiger charge is -2.19. The molecule has 5 N–H and O–H groups in total. The van der Waals surface area contributed by atoms with Crippen molar-refractivity contribution in [3.63, 3.8) is 0 Å². The van der Waals surface area contributed by atoms with Crippen molar-refractivity contribution >= 4 is 35.0 Å². The number of benzene rings is 1. The molecular formula is C13H20ClN3O2S. The second-order valence-corrected chi connectivity index (χ2v) is 5.99. The van der Waals surface area contributed by atoms with Crippen LogP contribution in [0.2, 0.25) is 5.02 Å². The van der Waals surface area contributed by atoms with E-state index >= 15 is 0 Å². The molecule has 2 atom stereocenters. The third kappa shape index (κ3) is 5.58. The van der Waals surface area contributed by atoms with E-state index in [0.29, 0.717) is 17.1 Å². The Labute approximate surface area is 128 Å². The summed E-state index contributed by atoms with van der Waals surface area (Å²) in [5, 5.41) is 10.3. The number of carbonyl (C=O) groups excluding carboxylic acids is 1. The zero-order valence-corrected chi connectivity index (χ0v) is 12.9. The maximum absolute atomic E-state index is 11.7. The Hall–Kier alpha value is -0.950. The monoisotopic (exact) mass is 317 g/mol. The van der Waals surface area contributed by atoms with Gasteiger partial charge in [-0.15, -0.1) is 0 Å². The fourth-order valence-electron chi connectivity index (χ4n) is 1.48. The SMILES string of the molecule is CCSCC[C@@H](N)C(O)C(=O)NNc1ccccc1Cl. The van der Waals surface area contributed by atoms with Crippen LogP contribution in [-0.4, -0.2) is 34.7 Å². The van der Waals surface area contributed by atoms with Crippen molar-refractivity contribution in [2.24, 2.45) is 5.73 Å². The lowest BCUT2D eigenvalue weighted by molar-refractivity contribution is -0.129. The molecule has 0 spiro atoms. The fraction of sp³-hybridized carbons (Fsp3) is 0.462. The van der Waals surface area contributed by atoms with Crippen molar-refractivity contribution in [2.45, 2.75) is 25.5 Å². The van der Waals surface area contributed by atoms with Crippen LogP contribution in [0, 0.1) is 0 Å². The first-order chi connectivity index (χ1) is 9.56. The Bertz CT molecular complexity index is 434. The molecule has 0 radical (unpaired) electrons. The molecule has 1 aromatic carbocycles. The van der Waals surface area contributed by atoms with Gasteiger partial charge in [0.15, 0.2) is 0 Å². The highest BCUT2D eigenvalue weighted by Crippen LogP contribution is 2.19. The number of rotatable bonds is 8. The van der Waals surface area contributed by atoms with Crippen molar-refractivity contribution in [1.29, 1.82) is 0 Å². The summed E-state index contributed by atoms with van der Waals surface area (Å²) < 4.78 is 0. The number of aliphatic hydroxyl groups excluding tert-OH is 1. The predicted octanol–water partition coefficient (Wildman–Crippen LogP) is 1.61. The predicted molar refractivity (Wildman–Crippen MR) is 84.8 cm³/mol. The topological polar surface area (TPSA) is 87.4 Å². The van der Waals surface area contributed by atoms with Crippen molar-refractivity contribution < 1.29 is 9.90 Å². The second-order valence-electron chi connectivity index (χ2n) is 4.19. The Morgan fingerprint density at radius 1 is 1.50 bits per heavy atom. The number of hydrogen-bond donors (Lipinski definition) is 4. The molecule has 20 heavy (non-hydrogen) atoms. The molecule has 0 heterocycles. The average Bonchev–Trinajstić information content (AvgIpc) is 2.45. The highest BCUT2D eigenvalue weighted by atomic mass is 35.5. The second kappa shape index (κ2) is 9.07. The van der Waals surface area contributed by atoms with Crippen molar-refractivity contribution in [2.75, 3.05) is 16.9 Å². The van der Waals surface area contributed by atoms with E-state index in [9.17, 15) is 9.90 Å². The number of anilines is 1. The number of aliphatic hydroxyl groups is 1. The molecule has 0 aliphatic carbocycles. The third-order valence-electron chi connectivity index (χ3n) is 2.67. The summed E-state index contributed by atoms with van der Waals surface area (Å²) in [7, 11) is 0. The summed E-state index contributed by atoms with van der Waals surface area (Å²) in [6.45, 7) is 2.05. The minimum absolute atomic E-state index is 0.478. The van der Waals surface area contributed by atoms with E-state index in [-0.39, 0.29) is 0 Å². The highest BCUT2D eigenvalue weighted by Gasteiger charge is 2.22. The van der Waals surface area contributed by atoms with Gasteiger partial charge >= 0.3 is 0 Å². The quantitative estimate of drug-likeness (QED) is 0.432. The Morgan fingerprint density at radius 3 is 2.85 bits per heavy atom. The van der Waals surface area contributed by atoms with Crippen LogP contribution < -0.4 is 16.6 Å². The molecule has 112 valence electrons. The molecule has 0 saturated heterocycles. The van der Waals surface area contributed by atoms with E-state index in [1.807, 2.05) is 6.92 Å². The molecule has 1 aromatic rings. The average molecular weight is 318 g/mol. The van der Waals surface area contributed by atoms with Gasteiger partial charge in [-0.25, -0.2) is 0 Å². The summed E-state index contributed by atoms with van der Waals surface area (Å²) in [6, 6.07) is 6.39. The fourth-order valence-corrected chi connectivity index (χ4v) is 2.39. The van der Waals surface area contributed by atoms with Gasteiger partial charge in [-0.2, -0.15) is 11.8 Å². The van der Waals surface area contributed by atoms with Gasteiger partial charge < -0.3 is 10.8 Å². The van der Waals surface area contributed by atoms with E-state index in [0.717, 1.165) is 11.5 Å². The minimum Gasteiger partial charge on any atom is -0.382 e. The molecule has 0 aromatic heterocycles. The van der Waals surface area contributed by atoms with Gasteiger partial charge in [-0.1, -0.05) is 30.7 Å². The number of amides is 1. The smallest absolute Gasteiger partial charge is 0.268 e. The largest absolute Gasteiger partial charge is 0.382 e. The summed E-state index contributed by atoms with van der Waals surface area (Å²) in [4.78, 5) is 11.7. The van der Waals surface area contributed by atoms with Crippen LogP contribution in [0.5, 0.6) is 0 Å². The Kier molecular flexibility index (Phi) is 7.76. The first kappa shape index (κ1) is 17.1. The third-order valence-corrected chi connectivity index (χ3v) is 3.93. The molecular weight excluding hydrogens is 298 g/mol. The molecule has 1 unspecified atom stereocenters. The lowest BCUT2D eigenvalue weighted by atomic mass is 10.1. The van der Waals surface area contributed by atoms with Crippen LogP contribution in [0.15, 0.2) is 24.3 Å². The zero-order chi connectivity index (χ0) is 15.0. The summed E-state index contributed by atoms with van der Waals surface area (Å²) in [6.07, 6.45) is -0.665. The van der Waals surface area contributed by atoms with E-state index in [4.69, 9.17) is 17.3 Å². The van der Waals surface area contributed by atoms with Crippen molar-refractivity contribution in [3.05, 3.63) is 29.3 Å². The summed E-state index contributed by atoms with van der Waals surface area (Å²) in [5.41, 5.74) is 11.4. The maximum Gasteiger partial charge on any atom is 0.268 e. The van der Waals surface area contributed by atoms with Gasteiger partial charge in [-0.3, -0.25) is 15.6 Å². The number of para-hydroxylation sites is 1. The number of nitrogens with two attached hydrogens (primary N) is 1. The molecule has 5 nitrogen and oxygen atoms in total. The van der Waals surface area contributed by atoms with Crippen LogP contribution in [0.1, 0.15) is 13.3 Å². The molecule has 1 amide bonds.